The third kappa shape index (κ3) is 5.79. The maximum atomic E-state index is 13.9. The fourth-order valence-electron chi connectivity index (χ4n) is 7.83. The van der Waals surface area contributed by atoms with Crippen molar-refractivity contribution in [2.45, 2.75) is 76.0 Å². The van der Waals surface area contributed by atoms with E-state index in [2.05, 4.69) is 73.5 Å². The summed E-state index contributed by atoms with van der Waals surface area (Å²) >= 11 is 0. The van der Waals surface area contributed by atoms with Crippen LogP contribution in [0, 0.1) is 5.92 Å². The van der Waals surface area contributed by atoms with E-state index in [1.807, 2.05) is 23.8 Å². The molecule has 4 N–H and O–H groups in total. The fourth-order valence-corrected chi connectivity index (χ4v) is 7.83. The second-order valence-corrected chi connectivity index (χ2v) is 13.7. The summed E-state index contributed by atoms with van der Waals surface area (Å²) in [6, 6.07) is 6.28. The van der Waals surface area contributed by atoms with Crippen molar-refractivity contribution in [1.29, 1.82) is 0 Å². The van der Waals surface area contributed by atoms with Crippen LogP contribution >= 0.6 is 0 Å². The summed E-state index contributed by atoms with van der Waals surface area (Å²) in [6.45, 7) is 9.49. The van der Waals surface area contributed by atoms with Crippen LogP contribution in [0.2, 0.25) is 0 Å². The van der Waals surface area contributed by atoms with Crippen molar-refractivity contribution < 1.29 is 19.1 Å². The first-order valence-corrected chi connectivity index (χ1v) is 16.6. The first-order valence-electron chi connectivity index (χ1n) is 16.6. The number of hydrogen-bond donors (Lipinski definition) is 4. The molecule has 2 amide bonds. The smallest absolute Gasteiger partial charge is 0.255 e. The van der Waals surface area contributed by atoms with Crippen LogP contribution in [-0.4, -0.2) is 128 Å². The van der Waals surface area contributed by atoms with Gasteiger partial charge < -0.3 is 29.5 Å². The number of carbonyl (C=O) groups excluding carboxylic acids is 2. The fraction of sp³-hybridized carbons (Fsp3) is 0.688. The van der Waals surface area contributed by atoms with E-state index >= 15 is 0 Å². The number of piperazine rings is 1. The first-order chi connectivity index (χ1) is 21.7. The zero-order valence-corrected chi connectivity index (χ0v) is 27.0. The highest BCUT2D eigenvalue weighted by Crippen LogP contribution is 2.37. The van der Waals surface area contributed by atoms with E-state index in [9.17, 15) is 9.59 Å². The molecule has 1 aromatic carbocycles. The number of ether oxygens (including phenoxy) is 2. The van der Waals surface area contributed by atoms with Crippen LogP contribution in [0.5, 0.6) is 5.75 Å². The summed E-state index contributed by atoms with van der Waals surface area (Å²) in [6.07, 6.45) is 6.62. The van der Waals surface area contributed by atoms with Gasteiger partial charge in [0.05, 0.1) is 43.7 Å². The average molecular weight is 624 g/mol. The van der Waals surface area contributed by atoms with Gasteiger partial charge in [-0.3, -0.25) is 30.5 Å². The van der Waals surface area contributed by atoms with Gasteiger partial charge in [-0.05, 0) is 58.7 Å². The number of nitrogens with zero attached hydrogens (tertiary/aromatic N) is 5. The Morgan fingerprint density at radius 1 is 1.02 bits per heavy atom. The standard InChI is InChI=1S/C32H49N9O4/c1-32(2)30(43)39-13-7-5-6-8-14-40-29(42)22-20-33-31(36-27(22)41(40)26-12-11-24(45-32)28(39)35-26)34-21-9-10-23(25(19-21)44-4)38-17-15-37(3)16-18-38/h6,8-10,19,22,24,26-28,31,33-36H,5,7,11-18,20H2,1-4H3/b8-6-. The molecule has 7 rings (SSSR count). The summed E-state index contributed by atoms with van der Waals surface area (Å²) in [5.41, 5.74) is 1.19. The number of benzene rings is 1. The van der Waals surface area contributed by atoms with Crippen LogP contribution < -0.4 is 30.9 Å². The van der Waals surface area contributed by atoms with Gasteiger partial charge in [0.15, 0.2) is 0 Å². The summed E-state index contributed by atoms with van der Waals surface area (Å²) in [5, 5.41) is 18.7. The zero-order chi connectivity index (χ0) is 31.3. The third-order valence-electron chi connectivity index (χ3n) is 10.3. The number of hydrogen-bond acceptors (Lipinski definition) is 11. The van der Waals surface area contributed by atoms with Crippen molar-refractivity contribution in [1.82, 2.24) is 35.8 Å². The molecule has 13 heteroatoms. The molecule has 13 nitrogen and oxygen atoms in total. The Bertz CT molecular complexity index is 1300. The Labute approximate surface area is 266 Å². The second kappa shape index (κ2) is 12.3. The molecular weight excluding hydrogens is 574 g/mol. The highest BCUT2D eigenvalue weighted by Gasteiger charge is 2.55. The van der Waals surface area contributed by atoms with Gasteiger partial charge in [0.2, 0.25) is 5.91 Å². The minimum absolute atomic E-state index is 0.0171. The van der Waals surface area contributed by atoms with Gasteiger partial charge >= 0.3 is 0 Å². The van der Waals surface area contributed by atoms with Crippen molar-refractivity contribution in [3.05, 3.63) is 30.4 Å². The van der Waals surface area contributed by atoms with Crippen molar-refractivity contribution in [2.75, 3.05) is 70.2 Å². The van der Waals surface area contributed by atoms with Crippen LogP contribution in [0.1, 0.15) is 39.5 Å². The summed E-state index contributed by atoms with van der Waals surface area (Å²) in [4.78, 5) is 34.0. The third-order valence-corrected chi connectivity index (χ3v) is 10.3. The van der Waals surface area contributed by atoms with Crippen LogP contribution in [0.25, 0.3) is 0 Å². The molecule has 5 fully saturated rings. The number of methoxy groups -OCH3 is 1. The Hall–Kier alpha value is -2.94. The van der Waals surface area contributed by atoms with Gasteiger partial charge in [-0.25, -0.2) is 0 Å². The second-order valence-electron chi connectivity index (χ2n) is 13.7. The molecule has 6 aliphatic heterocycles. The highest BCUT2D eigenvalue weighted by atomic mass is 16.5. The minimum atomic E-state index is -0.843. The molecule has 0 radical (unpaired) electrons. The van der Waals surface area contributed by atoms with Crippen LogP contribution in [-0.2, 0) is 14.3 Å². The zero-order valence-electron chi connectivity index (χ0n) is 27.0. The van der Waals surface area contributed by atoms with Crippen molar-refractivity contribution in [3.8, 4) is 5.75 Å². The lowest BCUT2D eigenvalue weighted by atomic mass is 9.95. The maximum absolute atomic E-state index is 13.9. The van der Waals surface area contributed by atoms with Gasteiger partial charge in [-0.15, -0.1) is 0 Å². The number of amides is 2. The van der Waals surface area contributed by atoms with Gasteiger partial charge in [0, 0.05) is 51.0 Å². The molecule has 6 heterocycles. The van der Waals surface area contributed by atoms with Gasteiger partial charge in [0.1, 0.15) is 23.8 Å². The molecule has 0 saturated carbocycles. The normalized spacial score (nSPS) is 34.8. The molecule has 2 bridgehead atoms. The van der Waals surface area contributed by atoms with E-state index < -0.39 is 5.60 Å². The van der Waals surface area contributed by atoms with Gasteiger partial charge in [-0.1, -0.05) is 12.2 Å². The van der Waals surface area contributed by atoms with E-state index in [0.29, 0.717) is 19.6 Å². The number of hydrazine groups is 1. The quantitative estimate of drug-likeness (QED) is 0.356. The largest absolute Gasteiger partial charge is 0.495 e. The number of rotatable bonds is 4. The SMILES string of the molecule is COc1cc(NC2NCC3C(=O)N4C/C=C\CCCN5C(=O)C(C)(C)OC6CCC(NC65)N4C3N2)ccc1N1CCN(C)CC1. The van der Waals surface area contributed by atoms with Crippen LogP contribution in [0.15, 0.2) is 30.4 Å². The van der Waals surface area contributed by atoms with Crippen molar-refractivity contribution >= 4 is 23.2 Å². The lowest BCUT2D eigenvalue weighted by Crippen LogP contribution is -2.74. The summed E-state index contributed by atoms with van der Waals surface area (Å²) in [7, 11) is 3.88. The minimum Gasteiger partial charge on any atom is -0.495 e. The van der Waals surface area contributed by atoms with Crippen molar-refractivity contribution in [2.24, 2.45) is 5.92 Å². The molecule has 5 saturated heterocycles. The number of likely N-dealkylation sites (N-methyl/N-ethyl adjacent to an activating group) is 1. The summed E-state index contributed by atoms with van der Waals surface area (Å²) < 4.78 is 12.2. The molecule has 6 unspecified atom stereocenters. The monoisotopic (exact) mass is 623 g/mol. The maximum Gasteiger partial charge on any atom is 0.255 e. The van der Waals surface area contributed by atoms with Crippen molar-refractivity contribution in [3.63, 3.8) is 0 Å². The number of morpholine rings is 1. The molecule has 246 valence electrons. The molecule has 1 aromatic rings. The number of carbonyl (C=O) groups is 2. The Kier molecular flexibility index (Phi) is 8.42. The molecule has 0 aromatic heterocycles. The Morgan fingerprint density at radius 3 is 2.64 bits per heavy atom. The van der Waals surface area contributed by atoms with E-state index in [4.69, 9.17) is 9.47 Å². The predicted molar refractivity (Wildman–Crippen MR) is 171 cm³/mol. The predicted octanol–water partition coefficient (Wildman–Crippen LogP) is 0.728. The van der Waals surface area contributed by atoms with Crippen LogP contribution in [0.3, 0.4) is 0 Å². The first kappa shape index (κ1) is 30.7. The molecular formula is C32H49N9O4. The molecule has 0 aliphatic carbocycles. The van der Waals surface area contributed by atoms with Gasteiger partial charge in [0.25, 0.3) is 5.91 Å². The highest BCUT2D eigenvalue weighted by molar-refractivity contribution is 5.85. The number of anilines is 2. The van der Waals surface area contributed by atoms with E-state index in [1.54, 1.807) is 7.11 Å². The Balaban J connectivity index is 1.11. The molecule has 6 atom stereocenters. The number of nitrogens with one attached hydrogen (secondary N) is 4. The number of allylic oxidation sites excluding steroid dienone is 1. The van der Waals surface area contributed by atoms with E-state index in [1.165, 1.54) is 0 Å². The molecule has 45 heavy (non-hydrogen) atoms. The number of fused-ring (bicyclic) bond motifs is 5. The number of piperidine rings is 1. The molecule has 6 aliphatic rings. The van der Waals surface area contributed by atoms with E-state index in [0.717, 1.165) is 69.0 Å². The Morgan fingerprint density at radius 2 is 1.84 bits per heavy atom. The van der Waals surface area contributed by atoms with Crippen LogP contribution in [0.4, 0.5) is 11.4 Å². The average Bonchev–Trinajstić information content (AvgIpc) is 3.30. The van der Waals surface area contributed by atoms with Gasteiger partial charge in [-0.2, -0.15) is 5.01 Å². The topological polar surface area (TPSA) is 117 Å². The lowest BCUT2D eigenvalue weighted by molar-refractivity contribution is -0.209. The lowest BCUT2D eigenvalue weighted by Gasteiger charge is -2.53. The molecule has 0 spiro atoms. The van der Waals surface area contributed by atoms with E-state index in [-0.39, 0.29) is 48.6 Å². The summed E-state index contributed by atoms with van der Waals surface area (Å²) in [5.74, 6) is 0.725.